The van der Waals surface area contributed by atoms with Crippen molar-refractivity contribution in [2.75, 3.05) is 25.0 Å². The van der Waals surface area contributed by atoms with Crippen molar-refractivity contribution in [1.29, 1.82) is 0 Å². The molecule has 0 bridgehead atoms. The third-order valence-corrected chi connectivity index (χ3v) is 6.03. The largest absolute Gasteiger partial charge is 0.337 e. The fourth-order valence-electron chi connectivity index (χ4n) is 4.45. The highest BCUT2D eigenvalue weighted by Gasteiger charge is 2.27. The first-order valence-corrected chi connectivity index (χ1v) is 11.4. The van der Waals surface area contributed by atoms with E-state index >= 15 is 0 Å². The minimum absolute atomic E-state index is 0.0151. The van der Waals surface area contributed by atoms with Crippen molar-refractivity contribution >= 4 is 35.0 Å². The number of para-hydroxylation sites is 1. The molecule has 2 amide bonds. The molecule has 1 aromatic carbocycles. The van der Waals surface area contributed by atoms with Crippen LogP contribution < -0.4 is 16.5 Å². The van der Waals surface area contributed by atoms with Crippen LogP contribution in [0.4, 0.5) is 5.95 Å². The smallest absolute Gasteiger partial charge is 0.259 e. The lowest BCUT2D eigenvalue weighted by molar-refractivity contribution is -0.126. The molecule has 0 spiro atoms. The lowest BCUT2D eigenvalue weighted by atomic mass is 10.1. The third-order valence-electron chi connectivity index (χ3n) is 6.03. The van der Waals surface area contributed by atoms with Crippen LogP contribution in [0.5, 0.6) is 0 Å². The predicted octanol–water partition coefficient (Wildman–Crippen LogP) is 2.26. The molecule has 0 radical (unpaired) electrons. The molecule has 174 valence electrons. The first-order valence-electron chi connectivity index (χ1n) is 11.4. The summed E-state index contributed by atoms with van der Waals surface area (Å²) in [6.45, 7) is 5.54. The van der Waals surface area contributed by atoms with Gasteiger partial charge in [-0.1, -0.05) is 18.2 Å². The number of benzene rings is 1. The van der Waals surface area contributed by atoms with Gasteiger partial charge in [-0.25, -0.2) is 4.98 Å². The summed E-state index contributed by atoms with van der Waals surface area (Å²) in [5.41, 5.74) is 11.8. The summed E-state index contributed by atoms with van der Waals surface area (Å²) in [5.74, 6) is 0.194. The van der Waals surface area contributed by atoms with Crippen molar-refractivity contribution in [3.05, 3.63) is 47.6 Å². The van der Waals surface area contributed by atoms with Crippen molar-refractivity contribution in [3.8, 4) is 0 Å². The topological polar surface area (TPSA) is 118 Å². The Bertz CT molecular complexity index is 1130. The molecule has 2 aliphatic rings. The molecule has 1 fully saturated rings. The average molecular weight is 450 g/mol. The fourth-order valence-corrected chi connectivity index (χ4v) is 4.45. The number of aromatic nitrogens is 2. The zero-order valence-corrected chi connectivity index (χ0v) is 19.1. The minimum atomic E-state index is -0.256. The lowest BCUT2D eigenvalue weighted by Crippen LogP contribution is -2.35. The lowest BCUT2D eigenvalue weighted by Gasteiger charge is -2.26. The van der Waals surface area contributed by atoms with Crippen LogP contribution in [0.1, 0.15) is 37.8 Å². The molecule has 0 aliphatic carbocycles. The SMILES string of the molecule is Cc1cccc2nc(NC(=O)C3=CC(C)NN=C3)n([C@@H]3CCCCN(C(=O)/C=C/CN)C3)c12. The average Bonchev–Trinajstić information content (AvgIpc) is 2.99. The Balaban J connectivity index is 1.71. The molecule has 2 aromatic rings. The standard InChI is InChI=1S/C24H31N7O2/c1-16-7-5-9-20-22(16)31(19-8-3-4-12-30(15-19)21(32)10-6-11-25)24(27-20)28-23(33)18-13-17(2)29-26-14-18/h5-7,9-10,13-14,17,19,29H,3-4,8,11-12,15,25H2,1-2H3,(H,27,28,33)/b10-6+/t17?,19-/m1/s1. The van der Waals surface area contributed by atoms with Gasteiger partial charge in [-0.2, -0.15) is 5.10 Å². The number of fused-ring (bicyclic) bond motifs is 1. The van der Waals surface area contributed by atoms with Crippen molar-refractivity contribution in [3.63, 3.8) is 0 Å². The third kappa shape index (κ3) is 4.98. The maximum absolute atomic E-state index is 13.0. The molecule has 1 saturated heterocycles. The number of likely N-dealkylation sites (tertiary alicyclic amines) is 1. The molecule has 0 saturated carbocycles. The van der Waals surface area contributed by atoms with E-state index in [9.17, 15) is 9.59 Å². The maximum Gasteiger partial charge on any atom is 0.259 e. The highest BCUT2D eigenvalue weighted by Crippen LogP contribution is 2.32. The van der Waals surface area contributed by atoms with Gasteiger partial charge in [0.25, 0.3) is 5.91 Å². The van der Waals surface area contributed by atoms with E-state index in [0.29, 0.717) is 31.2 Å². The van der Waals surface area contributed by atoms with Gasteiger partial charge in [-0.3, -0.25) is 14.9 Å². The highest BCUT2D eigenvalue weighted by atomic mass is 16.2. The van der Waals surface area contributed by atoms with Gasteiger partial charge in [0.1, 0.15) is 0 Å². The van der Waals surface area contributed by atoms with Crippen molar-refractivity contribution in [2.24, 2.45) is 10.8 Å². The Morgan fingerprint density at radius 3 is 2.97 bits per heavy atom. The quantitative estimate of drug-likeness (QED) is 0.605. The van der Waals surface area contributed by atoms with Gasteiger partial charge < -0.3 is 20.6 Å². The molecule has 9 nitrogen and oxygen atoms in total. The fraction of sp³-hybridized carbons (Fsp3) is 0.417. The van der Waals surface area contributed by atoms with Crippen molar-refractivity contribution < 1.29 is 9.59 Å². The van der Waals surface area contributed by atoms with Crippen LogP contribution in [-0.4, -0.2) is 58.2 Å². The number of rotatable bonds is 5. The number of nitrogens with zero attached hydrogens (tertiary/aromatic N) is 4. The molecule has 1 unspecified atom stereocenters. The number of imidazole rings is 1. The summed E-state index contributed by atoms with van der Waals surface area (Å²) >= 11 is 0. The maximum atomic E-state index is 13.0. The van der Waals surface area contributed by atoms with Gasteiger partial charge in [-0.15, -0.1) is 0 Å². The van der Waals surface area contributed by atoms with Crippen LogP contribution in [0.3, 0.4) is 0 Å². The molecule has 3 heterocycles. The van der Waals surface area contributed by atoms with E-state index in [2.05, 4.69) is 20.4 Å². The molecular formula is C24H31N7O2. The summed E-state index contributed by atoms with van der Waals surface area (Å²) in [7, 11) is 0. The Hall–Kier alpha value is -3.46. The van der Waals surface area contributed by atoms with Crippen LogP contribution in [0.2, 0.25) is 0 Å². The second-order valence-electron chi connectivity index (χ2n) is 8.57. The van der Waals surface area contributed by atoms with E-state index in [0.717, 1.165) is 35.9 Å². The van der Waals surface area contributed by atoms with E-state index in [4.69, 9.17) is 10.7 Å². The summed E-state index contributed by atoms with van der Waals surface area (Å²) in [6.07, 6.45) is 9.37. The zero-order chi connectivity index (χ0) is 23.4. The monoisotopic (exact) mass is 449 g/mol. The molecule has 1 aromatic heterocycles. The Morgan fingerprint density at radius 2 is 2.18 bits per heavy atom. The number of hydrogen-bond acceptors (Lipinski definition) is 6. The Labute approximate surface area is 193 Å². The number of carbonyl (C=O) groups excluding carboxylic acids is 2. The number of nitrogens with one attached hydrogen (secondary N) is 2. The molecule has 4 N–H and O–H groups in total. The van der Waals surface area contributed by atoms with Crippen LogP contribution >= 0.6 is 0 Å². The van der Waals surface area contributed by atoms with Gasteiger partial charge in [0.15, 0.2) is 0 Å². The second kappa shape index (κ2) is 9.99. The van der Waals surface area contributed by atoms with E-state index in [1.54, 1.807) is 12.2 Å². The van der Waals surface area contributed by atoms with Crippen LogP contribution in [0, 0.1) is 6.92 Å². The van der Waals surface area contributed by atoms with E-state index < -0.39 is 0 Å². The first kappa shape index (κ1) is 22.7. The molecule has 2 atom stereocenters. The van der Waals surface area contributed by atoms with Crippen LogP contribution in [0.25, 0.3) is 11.0 Å². The number of amides is 2. The van der Waals surface area contributed by atoms with Gasteiger partial charge in [-0.05, 0) is 50.8 Å². The zero-order valence-electron chi connectivity index (χ0n) is 19.1. The van der Waals surface area contributed by atoms with E-state index in [-0.39, 0.29) is 23.9 Å². The van der Waals surface area contributed by atoms with Gasteiger partial charge in [0, 0.05) is 25.7 Å². The first-order chi connectivity index (χ1) is 16.0. The Morgan fingerprint density at radius 1 is 1.33 bits per heavy atom. The predicted molar refractivity (Wildman–Crippen MR) is 130 cm³/mol. The number of aryl methyl sites for hydroxylation is 1. The summed E-state index contributed by atoms with van der Waals surface area (Å²) in [6, 6.07) is 5.91. The minimum Gasteiger partial charge on any atom is -0.337 e. The van der Waals surface area contributed by atoms with E-state index in [1.165, 1.54) is 6.21 Å². The highest BCUT2D eigenvalue weighted by molar-refractivity contribution is 6.17. The summed E-state index contributed by atoms with van der Waals surface area (Å²) in [5, 5.41) is 7.05. The molecule has 33 heavy (non-hydrogen) atoms. The second-order valence-corrected chi connectivity index (χ2v) is 8.57. The summed E-state index contributed by atoms with van der Waals surface area (Å²) in [4.78, 5) is 32.4. The van der Waals surface area contributed by atoms with Crippen molar-refractivity contribution in [2.45, 2.75) is 45.2 Å². The van der Waals surface area contributed by atoms with Gasteiger partial charge >= 0.3 is 0 Å². The Kier molecular flexibility index (Phi) is 6.88. The number of nitrogens with two attached hydrogens (primary N) is 1. The van der Waals surface area contributed by atoms with Crippen molar-refractivity contribution in [1.82, 2.24) is 19.9 Å². The normalized spacial score (nSPS) is 21.1. The molecule has 2 aliphatic heterocycles. The number of anilines is 1. The van der Waals surface area contributed by atoms with E-state index in [1.807, 2.05) is 43.0 Å². The van der Waals surface area contributed by atoms with Crippen LogP contribution in [0.15, 0.2) is 47.1 Å². The number of carbonyl (C=O) groups is 2. The van der Waals surface area contributed by atoms with Crippen LogP contribution in [-0.2, 0) is 9.59 Å². The van der Waals surface area contributed by atoms with Gasteiger partial charge in [0.2, 0.25) is 11.9 Å². The number of hydrogen-bond donors (Lipinski definition) is 3. The molecular weight excluding hydrogens is 418 g/mol. The molecule has 9 heteroatoms. The number of hydrazone groups is 1. The molecule has 4 rings (SSSR count). The van der Waals surface area contributed by atoms with Gasteiger partial charge in [0.05, 0.1) is 34.9 Å². The summed E-state index contributed by atoms with van der Waals surface area (Å²) < 4.78 is 2.10.